The lowest BCUT2D eigenvalue weighted by molar-refractivity contribution is 0.565. The largest absolute Gasteiger partial charge is 0.306 e. The zero-order valence-corrected chi connectivity index (χ0v) is 12.8. The third-order valence-corrected chi connectivity index (χ3v) is 3.90. The van der Waals surface area contributed by atoms with Crippen LogP contribution < -0.4 is 5.32 Å². The molecule has 0 amide bonds. The van der Waals surface area contributed by atoms with Crippen LogP contribution >= 0.6 is 15.9 Å². The first-order chi connectivity index (χ1) is 8.97. The highest BCUT2D eigenvalue weighted by atomic mass is 79.9. The fraction of sp³-hybridized carbons (Fsp3) is 0.357. The van der Waals surface area contributed by atoms with Crippen LogP contribution in [0.5, 0.6) is 0 Å². The highest BCUT2D eigenvalue weighted by molar-refractivity contribution is 9.10. The van der Waals surface area contributed by atoms with E-state index in [-0.39, 0.29) is 11.9 Å². The Morgan fingerprint density at radius 1 is 1.47 bits per heavy atom. The van der Waals surface area contributed by atoms with E-state index in [0.717, 1.165) is 21.3 Å². The number of rotatable bonds is 4. The van der Waals surface area contributed by atoms with Gasteiger partial charge in [-0.2, -0.15) is 5.10 Å². The summed E-state index contributed by atoms with van der Waals surface area (Å²) in [5.74, 6) is -0.217. The van der Waals surface area contributed by atoms with Crippen LogP contribution in [-0.4, -0.2) is 9.78 Å². The minimum Gasteiger partial charge on any atom is -0.306 e. The number of aromatic nitrogens is 2. The van der Waals surface area contributed by atoms with Gasteiger partial charge >= 0.3 is 0 Å². The predicted molar refractivity (Wildman–Crippen MR) is 77.3 cm³/mol. The number of aryl methyl sites for hydroxylation is 2. The van der Waals surface area contributed by atoms with E-state index < -0.39 is 0 Å². The van der Waals surface area contributed by atoms with E-state index in [4.69, 9.17) is 0 Å². The Balaban J connectivity index is 2.06. The van der Waals surface area contributed by atoms with Gasteiger partial charge in [0.1, 0.15) is 5.82 Å². The summed E-state index contributed by atoms with van der Waals surface area (Å²) in [5, 5.41) is 7.71. The molecule has 0 fully saturated rings. The average Bonchev–Trinajstić information content (AvgIpc) is 2.69. The molecule has 0 saturated heterocycles. The molecule has 0 saturated carbocycles. The Bertz CT molecular complexity index is 580. The molecule has 102 valence electrons. The molecule has 1 N–H and O–H groups in total. The van der Waals surface area contributed by atoms with Crippen molar-refractivity contribution >= 4 is 15.9 Å². The zero-order chi connectivity index (χ0) is 14.0. The minimum absolute atomic E-state index is 0.170. The van der Waals surface area contributed by atoms with Crippen molar-refractivity contribution < 1.29 is 4.39 Å². The van der Waals surface area contributed by atoms with Crippen molar-refractivity contribution in [1.29, 1.82) is 0 Å². The number of hydrogen-bond acceptors (Lipinski definition) is 2. The summed E-state index contributed by atoms with van der Waals surface area (Å²) in [4.78, 5) is 0. The quantitative estimate of drug-likeness (QED) is 0.932. The molecule has 0 bridgehead atoms. The van der Waals surface area contributed by atoms with Crippen LogP contribution in [-0.2, 0) is 13.6 Å². The van der Waals surface area contributed by atoms with Gasteiger partial charge in [0.2, 0.25) is 0 Å². The summed E-state index contributed by atoms with van der Waals surface area (Å²) in [7, 11) is 1.91. The Hall–Kier alpha value is -1.20. The van der Waals surface area contributed by atoms with Crippen LogP contribution in [0.1, 0.15) is 29.8 Å². The number of nitrogens with zero attached hydrogens (tertiary/aromatic N) is 2. The molecule has 2 aromatic rings. The zero-order valence-electron chi connectivity index (χ0n) is 11.2. The van der Waals surface area contributed by atoms with E-state index >= 15 is 0 Å². The molecule has 5 heteroatoms. The summed E-state index contributed by atoms with van der Waals surface area (Å²) in [6.07, 6.45) is 2.01. The van der Waals surface area contributed by atoms with Crippen LogP contribution in [0.3, 0.4) is 0 Å². The fourth-order valence-electron chi connectivity index (χ4n) is 2.09. The molecule has 1 aromatic carbocycles. The van der Waals surface area contributed by atoms with E-state index in [1.54, 1.807) is 16.8 Å². The summed E-state index contributed by atoms with van der Waals surface area (Å²) in [6, 6.07) is 4.89. The van der Waals surface area contributed by atoms with Crippen molar-refractivity contribution in [3.8, 4) is 0 Å². The topological polar surface area (TPSA) is 29.9 Å². The molecule has 3 nitrogen and oxygen atoms in total. The van der Waals surface area contributed by atoms with Gasteiger partial charge in [-0.3, -0.25) is 4.68 Å². The molecule has 1 heterocycles. The lowest BCUT2D eigenvalue weighted by Crippen LogP contribution is -2.18. The monoisotopic (exact) mass is 325 g/mol. The average molecular weight is 326 g/mol. The predicted octanol–water partition coefficient (Wildman–Crippen LogP) is 3.48. The fourth-order valence-corrected chi connectivity index (χ4v) is 2.48. The van der Waals surface area contributed by atoms with Crippen molar-refractivity contribution in [1.82, 2.24) is 15.1 Å². The van der Waals surface area contributed by atoms with Gasteiger partial charge in [0, 0.05) is 35.9 Å². The Morgan fingerprint density at radius 3 is 2.84 bits per heavy atom. The van der Waals surface area contributed by atoms with Gasteiger partial charge in [0.25, 0.3) is 0 Å². The molecular weight excluding hydrogens is 309 g/mol. The van der Waals surface area contributed by atoms with Crippen molar-refractivity contribution in [3.05, 3.63) is 51.5 Å². The molecule has 1 unspecified atom stereocenters. The van der Waals surface area contributed by atoms with Gasteiger partial charge in [-0.05, 0) is 37.6 Å². The van der Waals surface area contributed by atoms with E-state index in [2.05, 4.69) is 33.3 Å². The summed E-state index contributed by atoms with van der Waals surface area (Å²) < 4.78 is 15.9. The maximum absolute atomic E-state index is 13.2. The van der Waals surface area contributed by atoms with Crippen LogP contribution in [0.4, 0.5) is 4.39 Å². The Morgan fingerprint density at radius 2 is 2.21 bits per heavy atom. The first-order valence-electron chi connectivity index (χ1n) is 6.15. The normalized spacial score (nSPS) is 12.7. The van der Waals surface area contributed by atoms with E-state index in [0.29, 0.717) is 6.54 Å². The molecular formula is C14H17BrFN3. The van der Waals surface area contributed by atoms with E-state index in [1.165, 1.54) is 6.07 Å². The van der Waals surface area contributed by atoms with Crippen molar-refractivity contribution in [2.45, 2.75) is 26.4 Å². The second-order valence-corrected chi connectivity index (χ2v) is 5.54. The molecule has 19 heavy (non-hydrogen) atoms. The Kier molecular flexibility index (Phi) is 4.37. The lowest BCUT2D eigenvalue weighted by Gasteiger charge is -2.14. The summed E-state index contributed by atoms with van der Waals surface area (Å²) >= 11 is 3.43. The molecule has 0 aliphatic rings. The van der Waals surface area contributed by atoms with Crippen LogP contribution in [0, 0.1) is 12.7 Å². The maximum Gasteiger partial charge on any atom is 0.123 e. The minimum atomic E-state index is -0.217. The standard InChI is InChI=1S/C14H17BrFN3/c1-9(13-8-19(3)18-10(13)2)17-7-11-6-12(16)4-5-14(11)15/h4-6,8-9,17H,7H2,1-3H3. The van der Waals surface area contributed by atoms with Gasteiger partial charge in [-0.1, -0.05) is 15.9 Å². The molecule has 1 atom stereocenters. The highest BCUT2D eigenvalue weighted by Gasteiger charge is 2.12. The van der Waals surface area contributed by atoms with Crippen LogP contribution in [0.25, 0.3) is 0 Å². The van der Waals surface area contributed by atoms with Gasteiger partial charge in [-0.15, -0.1) is 0 Å². The van der Waals surface area contributed by atoms with Gasteiger partial charge < -0.3 is 5.32 Å². The van der Waals surface area contributed by atoms with Gasteiger partial charge in [0.15, 0.2) is 0 Å². The second-order valence-electron chi connectivity index (χ2n) is 4.68. The first kappa shape index (κ1) is 14.2. The molecule has 0 aliphatic carbocycles. The van der Waals surface area contributed by atoms with E-state index in [9.17, 15) is 4.39 Å². The van der Waals surface area contributed by atoms with Crippen molar-refractivity contribution in [2.24, 2.45) is 7.05 Å². The molecule has 0 spiro atoms. The van der Waals surface area contributed by atoms with Crippen LogP contribution in [0.2, 0.25) is 0 Å². The Labute approximate surface area is 121 Å². The smallest absolute Gasteiger partial charge is 0.123 e. The number of hydrogen-bond donors (Lipinski definition) is 1. The van der Waals surface area contributed by atoms with Crippen LogP contribution in [0.15, 0.2) is 28.9 Å². The lowest BCUT2D eigenvalue weighted by atomic mass is 10.1. The number of nitrogens with one attached hydrogen (secondary N) is 1. The maximum atomic E-state index is 13.2. The van der Waals surface area contributed by atoms with Gasteiger partial charge in [-0.25, -0.2) is 4.39 Å². The first-order valence-corrected chi connectivity index (χ1v) is 6.94. The van der Waals surface area contributed by atoms with Crippen molar-refractivity contribution in [3.63, 3.8) is 0 Å². The highest BCUT2D eigenvalue weighted by Crippen LogP contribution is 2.20. The number of halogens is 2. The molecule has 0 aliphatic heterocycles. The summed E-state index contributed by atoms with van der Waals surface area (Å²) in [6.45, 7) is 4.68. The number of benzene rings is 1. The van der Waals surface area contributed by atoms with Gasteiger partial charge in [0.05, 0.1) is 5.69 Å². The molecule has 1 aromatic heterocycles. The third kappa shape index (κ3) is 3.42. The SMILES string of the molecule is Cc1nn(C)cc1C(C)NCc1cc(F)ccc1Br. The summed E-state index contributed by atoms with van der Waals surface area (Å²) in [5.41, 5.74) is 3.09. The molecule has 0 radical (unpaired) electrons. The third-order valence-electron chi connectivity index (χ3n) is 3.12. The molecule has 2 rings (SSSR count). The van der Waals surface area contributed by atoms with E-state index in [1.807, 2.05) is 20.2 Å². The van der Waals surface area contributed by atoms with Crippen molar-refractivity contribution in [2.75, 3.05) is 0 Å². The second kappa shape index (κ2) is 5.84.